The molecule has 0 radical (unpaired) electrons. The van der Waals surface area contributed by atoms with Gasteiger partial charge in [-0.3, -0.25) is 0 Å². The molecule has 0 rings (SSSR count). The topological polar surface area (TPSA) is 26.7 Å². The van der Waals surface area contributed by atoms with Gasteiger partial charge in [-0.25, -0.2) is 0 Å². The lowest BCUT2D eigenvalue weighted by molar-refractivity contribution is 0.178. The molecule has 0 aliphatic carbocycles. The smallest absolute Gasteiger partial charge is 0.0512 e. The van der Waals surface area contributed by atoms with E-state index in [9.17, 15) is 0 Å². The van der Waals surface area contributed by atoms with Crippen LogP contribution in [-0.2, 0) is 0 Å². The molecule has 1 N–H and O–H groups in total. The predicted molar refractivity (Wildman–Crippen MR) is 66.2 cm³/mol. The first kappa shape index (κ1) is 14.9. The Kier molecular flexibility index (Phi) is 9.06. The van der Waals surface area contributed by atoms with Gasteiger partial charge in [-0.2, -0.15) is 0 Å². The summed E-state index contributed by atoms with van der Waals surface area (Å²) in [5.41, 5.74) is 0. The van der Waals surface area contributed by atoms with Crippen molar-refractivity contribution in [2.45, 2.75) is 38.7 Å². The van der Waals surface area contributed by atoms with Crippen LogP contribution in [0.15, 0.2) is 0 Å². The Hall–Kier alpha value is -0.120. The van der Waals surface area contributed by atoms with Crippen LogP contribution in [0.1, 0.15) is 32.6 Å². The first-order chi connectivity index (χ1) is 7.02. The molecular formula is C12H28N2O. The van der Waals surface area contributed by atoms with Crippen LogP contribution in [0.2, 0.25) is 0 Å². The zero-order chi connectivity index (χ0) is 11.7. The third-order valence-electron chi connectivity index (χ3n) is 2.56. The molecule has 1 atom stereocenters. The van der Waals surface area contributed by atoms with E-state index in [2.05, 4.69) is 30.9 Å². The minimum atomic E-state index is -0.135. The molecule has 92 valence electrons. The summed E-state index contributed by atoms with van der Waals surface area (Å²) in [4.78, 5) is 4.60. The monoisotopic (exact) mass is 216 g/mol. The van der Waals surface area contributed by atoms with Crippen molar-refractivity contribution in [2.75, 3.05) is 40.8 Å². The molecule has 0 saturated carbocycles. The molecule has 0 fully saturated rings. The molecule has 0 spiro atoms. The number of hydrogen-bond acceptors (Lipinski definition) is 3. The standard InChI is InChI=1S/C12H28N2O/c1-12(15)8-5-6-10-14(4)11-7-9-13(2)3/h12,15H,5-11H2,1-4H3. The second-order valence-corrected chi connectivity index (χ2v) is 4.80. The van der Waals surface area contributed by atoms with Crippen molar-refractivity contribution in [1.82, 2.24) is 9.80 Å². The van der Waals surface area contributed by atoms with Crippen LogP contribution < -0.4 is 0 Å². The van der Waals surface area contributed by atoms with Gasteiger partial charge < -0.3 is 14.9 Å². The van der Waals surface area contributed by atoms with Crippen molar-refractivity contribution in [1.29, 1.82) is 0 Å². The van der Waals surface area contributed by atoms with Gasteiger partial charge in [0.05, 0.1) is 6.10 Å². The summed E-state index contributed by atoms with van der Waals surface area (Å²) in [5.74, 6) is 0. The van der Waals surface area contributed by atoms with Gasteiger partial charge in [0.15, 0.2) is 0 Å². The summed E-state index contributed by atoms with van der Waals surface area (Å²) in [7, 11) is 6.41. The van der Waals surface area contributed by atoms with Crippen molar-refractivity contribution >= 4 is 0 Å². The molecule has 0 bridgehead atoms. The molecule has 0 aliphatic heterocycles. The first-order valence-electron chi connectivity index (χ1n) is 6.03. The molecular weight excluding hydrogens is 188 g/mol. The van der Waals surface area contributed by atoms with Crippen LogP contribution >= 0.6 is 0 Å². The molecule has 1 unspecified atom stereocenters. The zero-order valence-corrected chi connectivity index (χ0v) is 10.9. The molecule has 0 heterocycles. The van der Waals surface area contributed by atoms with E-state index in [1.807, 2.05) is 6.92 Å². The Balaban J connectivity index is 3.22. The fourth-order valence-corrected chi connectivity index (χ4v) is 1.59. The number of nitrogens with zero attached hydrogens (tertiary/aromatic N) is 2. The van der Waals surface area contributed by atoms with Gasteiger partial charge in [-0.05, 0) is 73.4 Å². The van der Waals surface area contributed by atoms with Crippen LogP contribution in [0, 0.1) is 0 Å². The molecule has 15 heavy (non-hydrogen) atoms. The van der Waals surface area contributed by atoms with Crippen LogP contribution in [0.5, 0.6) is 0 Å². The van der Waals surface area contributed by atoms with E-state index >= 15 is 0 Å². The fraction of sp³-hybridized carbons (Fsp3) is 1.00. The van der Waals surface area contributed by atoms with Gasteiger partial charge in [0.1, 0.15) is 0 Å². The molecule has 0 aromatic carbocycles. The predicted octanol–water partition coefficient (Wildman–Crippen LogP) is 1.42. The Bertz CT molecular complexity index is 138. The summed E-state index contributed by atoms with van der Waals surface area (Å²) in [6, 6.07) is 0. The van der Waals surface area contributed by atoms with E-state index in [0.29, 0.717) is 0 Å². The molecule has 0 aromatic heterocycles. The molecule has 0 amide bonds. The summed E-state index contributed by atoms with van der Waals surface area (Å²) in [5, 5.41) is 9.10. The third kappa shape index (κ3) is 11.8. The highest BCUT2D eigenvalue weighted by Crippen LogP contribution is 2.01. The lowest BCUT2D eigenvalue weighted by Crippen LogP contribution is -2.24. The lowest BCUT2D eigenvalue weighted by Gasteiger charge is -2.18. The van der Waals surface area contributed by atoms with Crippen molar-refractivity contribution < 1.29 is 5.11 Å². The minimum Gasteiger partial charge on any atom is -0.393 e. The SMILES string of the molecule is CC(O)CCCCN(C)CCCN(C)C. The number of aliphatic hydroxyl groups is 1. The minimum absolute atomic E-state index is 0.135. The Morgan fingerprint density at radius 3 is 2.07 bits per heavy atom. The van der Waals surface area contributed by atoms with Crippen LogP contribution in [0.3, 0.4) is 0 Å². The lowest BCUT2D eigenvalue weighted by atomic mass is 10.1. The summed E-state index contributed by atoms with van der Waals surface area (Å²) in [6.07, 6.45) is 4.37. The highest BCUT2D eigenvalue weighted by Gasteiger charge is 2.00. The van der Waals surface area contributed by atoms with Gasteiger partial charge in [0.25, 0.3) is 0 Å². The average Bonchev–Trinajstić information content (AvgIpc) is 2.11. The van der Waals surface area contributed by atoms with Gasteiger partial charge in [-0.1, -0.05) is 0 Å². The summed E-state index contributed by atoms with van der Waals surface area (Å²) < 4.78 is 0. The molecule has 0 saturated heterocycles. The van der Waals surface area contributed by atoms with E-state index in [4.69, 9.17) is 5.11 Å². The normalized spacial score (nSPS) is 13.8. The van der Waals surface area contributed by atoms with E-state index in [1.54, 1.807) is 0 Å². The number of hydrogen-bond donors (Lipinski definition) is 1. The van der Waals surface area contributed by atoms with Crippen molar-refractivity contribution in [2.24, 2.45) is 0 Å². The van der Waals surface area contributed by atoms with Gasteiger partial charge >= 0.3 is 0 Å². The fourth-order valence-electron chi connectivity index (χ4n) is 1.59. The quantitative estimate of drug-likeness (QED) is 0.591. The first-order valence-corrected chi connectivity index (χ1v) is 6.03. The maximum atomic E-state index is 9.10. The van der Waals surface area contributed by atoms with Crippen LogP contribution in [0.25, 0.3) is 0 Å². The second-order valence-electron chi connectivity index (χ2n) is 4.80. The van der Waals surface area contributed by atoms with E-state index < -0.39 is 0 Å². The van der Waals surface area contributed by atoms with Crippen molar-refractivity contribution in [3.63, 3.8) is 0 Å². The van der Waals surface area contributed by atoms with Gasteiger partial charge in [0.2, 0.25) is 0 Å². The van der Waals surface area contributed by atoms with E-state index in [-0.39, 0.29) is 6.10 Å². The molecule has 0 aliphatic rings. The number of rotatable bonds is 9. The largest absolute Gasteiger partial charge is 0.393 e. The molecule has 0 aromatic rings. The molecule has 3 nitrogen and oxygen atoms in total. The van der Waals surface area contributed by atoms with Crippen molar-refractivity contribution in [3.05, 3.63) is 0 Å². The third-order valence-corrected chi connectivity index (χ3v) is 2.56. The Labute approximate surface area is 95.1 Å². The summed E-state index contributed by atoms with van der Waals surface area (Å²) >= 11 is 0. The Morgan fingerprint density at radius 2 is 1.53 bits per heavy atom. The number of unbranched alkanes of at least 4 members (excludes halogenated alkanes) is 1. The summed E-state index contributed by atoms with van der Waals surface area (Å²) in [6.45, 7) is 5.35. The van der Waals surface area contributed by atoms with Crippen molar-refractivity contribution in [3.8, 4) is 0 Å². The maximum Gasteiger partial charge on any atom is 0.0512 e. The highest BCUT2D eigenvalue weighted by atomic mass is 16.3. The van der Waals surface area contributed by atoms with E-state index in [1.165, 1.54) is 19.4 Å². The van der Waals surface area contributed by atoms with Gasteiger partial charge in [-0.15, -0.1) is 0 Å². The Morgan fingerprint density at radius 1 is 0.933 bits per heavy atom. The maximum absolute atomic E-state index is 9.10. The van der Waals surface area contributed by atoms with E-state index in [0.717, 1.165) is 25.9 Å². The average molecular weight is 216 g/mol. The number of aliphatic hydroxyl groups excluding tert-OH is 1. The zero-order valence-electron chi connectivity index (χ0n) is 10.9. The highest BCUT2D eigenvalue weighted by molar-refractivity contribution is 4.55. The van der Waals surface area contributed by atoms with Gasteiger partial charge in [0, 0.05) is 0 Å². The van der Waals surface area contributed by atoms with Crippen LogP contribution in [-0.4, -0.2) is 61.8 Å². The second kappa shape index (κ2) is 9.13. The van der Waals surface area contributed by atoms with Crippen LogP contribution in [0.4, 0.5) is 0 Å². The molecule has 3 heteroatoms.